The van der Waals surface area contributed by atoms with E-state index in [-0.39, 0.29) is 26.2 Å². The summed E-state index contributed by atoms with van der Waals surface area (Å²) in [5.41, 5.74) is 0.146. The van der Waals surface area contributed by atoms with Gasteiger partial charge in [0.1, 0.15) is 11.9 Å². The molecule has 1 heterocycles. The number of anilines is 1. The Hall–Kier alpha value is -2.20. The number of rotatable bonds is 3. The molecule has 0 radical (unpaired) electrons. The number of urea groups is 1. The Balaban J connectivity index is 2.09. The fourth-order valence-electron chi connectivity index (χ4n) is 2.54. The third-order valence-electron chi connectivity index (χ3n) is 3.70. The molecule has 1 fully saturated rings. The van der Waals surface area contributed by atoms with Crippen LogP contribution < -0.4 is 10.2 Å². The van der Waals surface area contributed by atoms with Gasteiger partial charge in [-0.3, -0.25) is 19.6 Å². The van der Waals surface area contributed by atoms with E-state index in [4.69, 9.17) is 27.8 Å². The average Bonchev–Trinajstić information content (AvgIpc) is 2.84. The zero-order valence-electron chi connectivity index (χ0n) is 12.6. The molecule has 1 aliphatic rings. The maximum absolute atomic E-state index is 13.8. The second-order valence-corrected chi connectivity index (χ2v) is 7.56. The predicted octanol–water partition coefficient (Wildman–Crippen LogP) is 3.18. The topological polar surface area (TPSA) is 104 Å². The van der Waals surface area contributed by atoms with Crippen LogP contribution in [0.3, 0.4) is 0 Å². The van der Waals surface area contributed by atoms with E-state index >= 15 is 0 Å². The molecular weight excluding hydrogens is 410 g/mol. The number of hydrogen-bond donors (Lipinski definition) is 2. The minimum absolute atomic E-state index is 0.00997. The molecule has 2 aromatic rings. The summed E-state index contributed by atoms with van der Waals surface area (Å²) in [5.74, 6) is -1.56. The highest BCUT2D eigenvalue weighted by Gasteiger charge is 2.42. The average molecular weight is 419 g/mol. The molecule has 7 nitrogen and oxygen atoms in total. The first-order chi connectivity index (χ1) is 12.1. The Kier molecular flexibility index (Phi) is 4.65. The number of hydrogen-bond acceptors (Lipinski definition) is 4. The van der Waals surface area contributed by atoms with Crippen LogP contribution in [-0.4, -0.2) is 24.9 Å². The van der Waals surface area contributed by atoms with E-state index in [1.54, 1.807) is 0 Å². The van der Waals surface area contributed by atoms with Crippen LogP contribution >= 0.6 is 23.2 Å². The summed E-state index contributed by atoms with van der Waals surface area (Å²) in [5, 5.41) is 1.82. The molecule has 1 unspecified atom stereocenters. The fraction of sp³-hybridized carbons (Fsp3) is 0.0667. The van der Waals surface area contributed by atoms with Gasteiger partial charge in [-0.2, -0.15) is 8.42 Å². The Labute approximate surface area is 157 Å². The van der Waals surface area contributed by atoms with Crippen molar-refractivity contribution in [3.63, 3.8) is 0 Å². The molecule has 3 rings (SSSR count). The van der Waals surface area contributed by atoms with Crippen LogP contribution in [0.4, 0.5) is 14.9 Å². The fourth-order valence-corrected chi connectivity index (χ4v) is 3.51. The molecule has 1 saturated heterocycles. The van der Waals surface area contributed by atoms with Gasteiger partial charge in [0.2, 0.25) is 0 Å². The molecule has 0 saturated carbocycles. The summed E-state index contributed by atoms with van der Waals surface area (Å²) in [7, 11) is -4.42. The minimum atomic E-state index is -4.42. The van der Waals surface area contributed by atoms with Crippen molar-refractivity contribution in [2.24, 2.45) is 0 Å². The highest BCUT2D eigenvalue weighted by atomic mass is 35.5. The van der Waals surface area contributed by atoms with E-state index < -0.39 is 33.9 Å². The molecule has 1 atom stereocenters. The predicted molar refractivity (Wildman–Crippen MR) is 91.4 cm³/mol. The lowest BCUT2D eigenvalue weighted by Gasteiger charge is -2.23. The van der Waals surface area contributed by atoms with Crippen molar-refractivity contribution >= 4 is 50.9 Å². The number of benzene rings is 2. The molecule has 0 bridgehead atoms. The van der Waals surface area contributed by atoms with E-state index in [1.807, 2.05) is 0 Å². The summed E-state index contributed by atoms with van der Waals surface area (Å²) in [4.78, 5) is 25.0. The number of imide groups is 1. The Morgan fingerprint density at radius 1 is 1.08 bits per heavy atom. The molecule has 1 aliphatic heterocycles. The van der Waals surface area contributed by atoms with E-state index in [1.165, 1.54) is 12.1 Å². The van der Waals surface area contributed by atoms with Gasteiger partial charge in [-0.05, 0) is 36.4 Å². The number of carbonyl (C=O) groups excluding carboxylic acids is 2. The molecule has 0 spiro atoms. The standard InChI is InChI=1S/C15H9Cl2FN2O5S/c16-10-6-11(17)12(18)5-9(10)13-14(21)19-15(22)20(13)7-1-3-8(4-2-7)26(23,24)25/h1-6,13H,(H,19,21,22)(H,23,24,25). The third-order valence-corrected chi connectivity index (χ3v) is 5.19. The van der Waals surface area contributed by atoms with Crippen molar-refractivity contribution in [2.75, 3.05) is 4.90 Å². The van der Waals surface area contributed by atoms with E-state index in [0.717, 1.165) is 29.2 Å². The van der Waals surface area contributed by atoms with Crippen LogP contribution in [-0.2, 0) is 14.9 Å². The molecule has 2 aromatic carbocycles. The Morgan fingerprint density at radius 3 is 2.27 bits per heavy atom. The number of nitrogens with one attached hydrogen (secondary N) is 1. The first-order valence-electron chi connectivity index (χ1n) is 6.95. The number of amides is 3. The second-order valence-electron chi connectivity index (χ2n) is 5.32. The summed E-state index contributed by atoms with van der Waals surface area (Å²) in [6.45, 7) is 0. The van der Waals surface area contributed by atoms with Crippen molar-refractivity contribution in [3.8, 4) is 0 Å². The molecule has 0 aromatic heterocycles. The quantitative estimate of drug-likeness (QED) is 0.452. The molecule has 3 amide bonds. The SMILES string of the molecule is O=C1NC(=O)N(c2ccc(S(=O)(=O)O)cc2)C1c1cc(F)c(Cl)cc1Cl. The van der Waals surface area contributed by atoms with Crippen molar-refractivity contribution in [3.05, 3.63) is 57.8 Å². The van der Waals surface area contributed by atoms with Crippen molar-refractivity contribution in [1.82, 2.24) is 5.32 Å². The minimum Gasteiger partial charge on any atom is -0.282 e. The van der Waals surface area contributed by atoms with Gasteiger partial charge in [0.05, 0.1) is 9.92 Å². The van der Waals surface area contributed by atoms with Gasteiger partial charge in [-0.15, -0.1) is 0 Å². The monoisotopic (exact) mass is 418 g/mol. The first-order valence-corrected chi connectivity index (χ1v) is 9.15. The molecular formula is C15H9Cl2FN2O5S. The zero-order valence-corrected chi connectivity index (χ0v) is 14.9. The molecule has 136 valence electrons. The summed E-state index contributed by atoms with van der Waals surface area (Å²) < 4.78 is 45.1. The van der Waals surface area contributed by atoms with Crippen LogP contribution in [0.5, 0.6) is 0 Å². The van der Waals surface area contributed by atoms with Gasteiger partial charge in [-0.25, -0.2) is 9.18 Å². The van der Waals surface area contributed by atoms with Gasteiger partial charge >= 0.3 is 6.03 Å². The first kappa shape index (κ1) is 18.6. The Morgan fingerprint density at radius 2 is 1.69 bits per heavy atom. The van der Waals surface area contributed by atoms with Crippen LogP contribution in [0.1, 0.15) is 11.6 Å². The van der Waals surface area contributed by atoms with E-state index in [2.05, 4.69) is 5.32 Å². The maximum Gasteiger partial charge on any atom is 0.329 e. The number of carbonyl (C=O) groups is 2. The van der Waals surface area contributed by atoms with Gasteiger partial charge in [0.25, 0.3) is 16.0 Å². The normalized spacial score (nSPS) is 17.5. The number of nitrogens with zero attached hydrogens (tertiary/aromatic N) is 1. The van der Waals surface area contributed by atoms with Crippen LogP contribution in [0, 0.1) is 5.82 Å². The lowest BCUT2D eigenvalue weighted by atomic mass is 10.0. The molecule has 2 N–H and O–H groups in total. The second kappa shape index (κ2) is 6.51. The van der Waals surface area contributed by atoms with E-state index in [9.17, 15) is 22.4 Å². The third kappa shape index (κ3) is 3.26. The summed E-state index contributed by atoms with van der Waals surface area (Å²) in [6, 6.07) is 4.53. The van der Waals surface area contributed by atoms with E-state index in [0.29, 0.717) is 0 Å². The van der Waals surface area contributed by atoms with Gasteiger partial charge in [0, 0.05) is 16.3 Å². The summed E-state index contributed by atoms with van der Waals surface area (Å²) >= 11 is 11.7. The van der Waals surface area contributed by atoms with Crippen molar-refractivity contribution < 1.29 is 27.0 Å². The highest BCUT2D eigenvalue weighted by molar-refractivity contribution is 7.85. The largest absolute Gasteiger partial charge is 0.329 e. The summed E-state index contributed by atoms with van der Waals surface area (Å²) in [6.07, 6.45) is 0. The molecule has 0 aliphatic carbocycles. The van der Waals surface area contributed by atoms with Crippen LogP contribution in [0.25, 0.3) is 0 Å². The van der Waals surface area contributed by atoms with Crippen molar-refractivity contribution in [2.45, 2.75) is 10.9 Å². The maximum atomic E-state index is 13.8. The highest BCUT2D eigenvalue weighted by Crippen LogP contribution is 2.37. The Bertz CT molecular complexity index is 1030. The van der Waals surface area contributed by atoms with Gasteiger partial charge in [-0.1, -0.05) is 23.2 Å². The lowest BCUT2D eigenvalue weighted by Crippen LogP contribution is -2.29. The smallest absolute Gasteiger partial charge is 0.282 e. The van der Waals surface area contributed by atoms with Crippen LogP contribution in [0.2, 0.25) is 10.0 Å². The molecule has 11 heteroatoms. The van der Waals surface area contributed by atoms with Crippen LogP contribution in [0.15, 0.2) is 41.3 Å². The van der Waals surface area contributed by atoms with Gasteiger partial charge < -0.3 is 0 Å². The zero-order chi connectivity index (χ0) is 19.2. The van der Waals surface area contributed by atoms with Gasteiger partial charge in [0.15, 0.2) is 0 Å². The molecule has 26 heavy (non-hydrogen) atoms. The number of halogens is 3. The van der Waals surface area contributed by atoms with Crippen molar-refractivity contribution in [1.29, 1.82) is 0 Å². The lowest BCUT2D eigenvalue weighted by molar-refractivity contribution is -0.119.